The summed E-state index contributed by atoms with van der Waals surface area (Å²) < 4.78 is 30.7. The van der Waals surface area contributed by atoms with Crippen LogP contribution >= 0.6 is 0 Å². The second kappa shape index (κ2) is 4.14. The van der Waals surface area contributed by atoms with E-state index in [0.29, 0.717) is 17.8 Å². The van der Waals surface area contributed by atoms with Gasteiger partial charge in [0.1, 0.15) is 6.61 Å². The van der Waals surface area contributed by atoms with Gasteiger partial charge < -0.3 is 9.84 Å². The summed E-state index contributed by atoms with van der Waals surface area (Å²) in [6, 6.07) is 0. The molecule has 18 heavy (non-hydrogen) atoms. The molecule has 1 N–H and O–H groups in total. The summed E-state index contributed by atoms with van der Waals surface area (Å²) in [6.45, 7) is 0.162. The average Bonchev–Trinajstić information content (AvgIpc) is 2.22. The number of alkyl halides is 2. The second-order valence-corrected chi connectivity index (χ2v) is 7.01. The molecule has 104 valence electrons. The van der Waals surface area contributed by atoms with Gasteiger partial charge in [-0.25, -0.2) is 8.78 Å². The number of aliphatic hydroxyl groups excluding tert-OH is 1. The molecule has 0 heterocycles. The van der Waals surface area contributed by atoms with E-state index >= 15 is 0 Å². The second-order valence-electron chi connectivity index (χ2n) is 7.01. The number of ether oxygens (including phenoxy) is 1. The van der Waals surface area contributed by atoms with E-state index in [4.69, 9.17) is 4.74 Å². The molecule has 4 aliphatic rings. The Bertz CT molecular complexity index is 289. The summed E-state index contributed by atoms with van der Waals surface area (Å²) in [5, 5.41) is 10.2. The molecular formula is C14H22F2O2. The molecule has 4 saturated carbocycles. The van der Waals surface area contributed by atoms with E-state index in [9.17, 15) is 13.9 Å². The summed E-state index contributed by atoms with van der Waals surface area (Å²) in [7, 11) is 0. The van der Waals surface area contributed by atoms with E-state index in [1.54, 1.807) is 0 Å². The normalized spacial score (nSPS) is 44.3. The zero-order valence-electron chi connectivity index (χ0n) is 10.9. The molecule has 0 aromatic rings. The maximum atomic E-state index is 12.8. The Kier molecular flexibility index (Phi) is 2.94. The lowest BCUT2D eigenvalue weighted by molar-refractivity contribution is -0.246. The molecule has 1 atom stereocenters. The molecule has 0 amide bonds. The van der Waals surface area contributed by atoms with Crippen molar-refractivity contribution in [3.05, 3.63) is 0 Å². The van der Waals surface area contributed by atoms with E-state index in [1.807, 2.05) is 0 Å². The van der Waals surface area contributed by atoms with E-state index in [2.05, 4.69) is 0 Å². The standard InChI is InChI=1S/C14H22F2O2/c1-13(15,16)8-18-12(17)14-5-9-2-10(6-14)4-11(3-9)7-14/h9-12,17H,2-8H2,1H3. The summed E-state index contributed by atoms with van der Waals surface area (Å²) in [6.07, 6.45) is 5.72. The SMILES string of the molecule is CC(F)(F)COC(O)C12CC3CC(CC(C3)C1)C2. The van der Waals surface area contributed by atoms with Crippen LogP contribution in [0.1, 0.15) is 45.4 Å². The van der Waals surface area contributed by atoms with E-state index < -0.39 is 18.8 Å². The maximum absolute atomic E-state index is 12.8. The summed E-state index contributed by atoms with van der Waals surface area (Å²) in [4.78, 5) is 0. The van der Waals surface area contributed by atoms with Gasteiger partial charge in [0.2, 0.25) is 0 Å². The Balaban J connectivity index is 1.67. The fraction of sp³-hybridized carbons (Fsp3) is 1.00. The first-order valence-electron chi connectivity index (χ1n) is 7.04. The predicted octanol–water partition coefficient (Wildman–Crippen LogP) is 3.19. The molecule has 4 fully saturated rings. The van der Waals surface area contributed by atoms with Gasteiger partial charge in [0.15, 0.2) is 6.29 Å². The third-order valence-corrected chi connectivity index (χ3v) is 5.10. The molecule has 1 unspecified atom stereocenters. The highest BCUT2D eigenvalue weighted by molar-refractivity contribution is 5.02. The van der Waals surface area contributed by atoms with Gasteiger partial charge in [-0.05, 0) is 56.3 Å². The minimum absolute atomic E-state index is 0.222. The molecule has 2 nitrogen and oxygen atoms in total. The fourth-order valence-electron chi connectivity index (χ4n) is 4.88. The van der Waals surface area contributed by atoms with Crippen LogP contribution in [-0.2, 0) is 4.74 Å². The monoisotopic (exact) mass is 260 g/mol. The van der Waals surface area contributed by atoms with Crippen LogP contribution in [0.3, 0.4) is 0 Å². The highest BCUT2D eigenvalue weighted by atomic mass is 19.3. The predicted molar refractivity (Wildman–Crippen MR) is 63.2 cm³/mol. The van der Waals surface area contributed by atoms with Gasteiger partial charge in [-0.15, -0.1) is 0 Å². The molecular weight excluding hydrogens is 238 g/mol. The van der Waals surface area contributed by atoms with Gasteiger partial charge in [-0.1, -0.05) is 0 Å². The van der Waals surface area contributed by atoms with Gasteiger partial charge in [0, 0.05) is 12.3 Å². The third kappa shape index (κ3) is 2.29. The number of rotatable bonds is 4. The van der Waals surface area contributed by atoms with E-state index in [1.165, 1.54) is 19.3 Å². The molecule has 0 spiro atoms. The molecule has 4 bridgehead atoms. The zero-order chi connectivity index (χ0) is 13.0. The maximum Gasteiger partial charge on any atom is 0.268 e. The van der Waals surface area contributed by atoms with Crippen molar-refractivity contribution in [3.63, 3.8) is 0 Å². The molecule has 4 aliphatic carbocycles. The van der Waals surface area contributed by atoms with Gasteiger partial charge in [0.05, 0.1) is 0 Å². The Labute approximate surface area is 107 Å². The fourth-order valence-corrected chi connectivity index (χ4v) is 4.88. The van der Waals surface area contributed by atoms with Crippen molar-refractivity contribution in [1.82, 2.24) is 0 Å². The minimum atomic E-state index is -2.86. The van der Waals surface area contributed by atoms with Crippen LogP contribution < -0.4 is 0 Å². The highest BCUT2D eigenvalue weighted by Crippen LogP contribution is 2.61. The molecule has 0 saturated heterocycles. The molecule has 0 aliphatic heterocycles. The van der Waals surface area contributed by atoms with Crippen molar-refractivity contribution in [1.29, 1.82) is 0 Å². The van der Waals surface area contributed by atoms with Crippen LogP contribution in [0.25, 0.3) is 0 Å². The molecule has 4 rings (SSSR count). The quantitative estimate of drug-likeness (QED) is 0.787. The van der Waals surface area contributed by atoms with Crippen LogP contribution in [0.5, 0.6) is 0 Å². The van der Waals surface area contributed by atoms with Gasteiger partial charge in [0.25, 0.3) is 5.92 Å². The van der Waals surface area contributed by atoms with E-state index in [-0.39, 0.29) is 5.41 Å². The Morgan fingerprint density at radius 1 is 1.17 bits per heavy atom. The van der Waals surface area contributed by atoms with Crippen LogP contribution in [0.2, 0.25) is 0 Å². The first-order valence-corrected chi connectivity index (χ1v) is 7.04. The largest absolute Gasteiger partial charge is 0.367 e. The Morgan fingerprint density at radius 3 is 2.00 bits per heavy atom. The van der Waals surface area contributed by atoms with Crippen LogP contribution in [0.4, 0.5) is 8.78 Å². The van der Waals surface area contributed by atoms with Crippen LogP contribution in [0, 0.1) is 23.2 Å². The number of hydrogen-bond acceptors (Lipinski definition) is 2. The number of aliphatic hydroxyl groups is 1. The average molecular weight is 260 g/mol. The topological polar surface area (TPSA) is 29.5 Å². The highest BCUT2D eigenvalue weighted by Gasteiger charge is 2.54. The molecule has 0 radical (unpaired) electrons. The third-order valence-electron chi connectivity index (χ3n) is 5.10. The van der Waals surface area contributed by atoms with Crippen molar-refractivity contribution in [2.45, 2.75) is 57.7 Å². The van der Waals surface area contributed by atoms with Crippen molar-refractivity contribution in [3.8, 4) is 0 Å². The van der Waals surface area contributed by atoms with Crippen molar-refractivity contribution in [2.75, 3.05) is 6.61 Å². The number of hydrogen-bond donors (Lipinski definition) is 1. The van der Waals surface area contributed by atoms with Crippen molar-refractivity contribution < 1.29 is 18.6 Å². The van der Waals surface area contributed by atoms with Gasteiger partial charge in [-0.3, -0.25) is 0 Å². The first kappa shape index (κ1) is 12.8. The molecule has 0 aromatic carbocycles. The smallest absolute Gasteiger partial charge is 0.268 e. The minimum Gasteiger partial charge on any atom is -0.367 e. The number of halogens is 2. The molecule has 0 aromatic heterocycles. The van der Waals surface area contributed by atoms with E-state index in [0.717, 1.165) is 26.2 Å². The zero-order valence-corrected chi connectivity index (χ0v) is 10.9. The van der Waals surface area contributed by atoms with Crippen LogP contribution in [0.15, 0.2) is 0 Å². The summed E-state index contributed by atoms with van der Waals surface area (Å²) >= 11 is 0. The lowest BCUT2D eigenvalue weighted by atomic mass is 9.49. The van der Waals surface area contributed by atoms with Crippen LogP contribution in [-0.4, -0.2) is 23.9 Å². The van der Waals surface area contributed by atoms with Crippen molar-refractivity contribution in [2.24, 2.45) is 23.2 Å². The summed E-state index contributed by atoms with van der Waals surface area (Å²) in [5.74, 6) is -0.784. The Morgan fingerprint density at radius 2 is 1.61 bits per heavy atom. The summed E-state index contributed by atoms with van der Waals surface area (Å²) in [5.41, 5.74) is -0.222. The lowest BCUT2D eigenvalue weighted by Gasteiger charge is -2.57. The molecule has 4 heteroatoms. The van der Waals surface area contributed by atoms with Gasteiger partial charge in [-0.2, -0.15) is 0 Å². The Hall–Kier alpha value is -0.220. The first-order chi connectivity index (χ1) is 8.36. The lowest BCUT2D eigenvalue weighted by Crippen LogP contribution is -2.52. The van der Waals surface area contributed by atoms with Gasteiger partial charge >= 0.3 is 0 Å². The van der Waals surface area contributed by atoms with Crippen molar-refractivity contribution >= 4 is 0 Å².